The van der Waals surface area contributed by atoms with Gasteiger partial charge in [-0.05, 0) is 56.1 Å². The van der Waals surface area contributed by atoms with Gasteiger partial charge in [-0.25, -0.2) is 0 Å². The van der Waals surface area contributed by atoms with E-state index in [4.69, 9.17) is 0 Å². The number of rotatable bonds is 3. The van der Waals surface area contributed by atoms with Crippen LogP contribution < -0.4 is 5.32 Å². The van der Waals surface area contributed by atoms with Gasteiger partial charge in [-0.1, -0.05) is 37.1 Å². The first-order chi connectivity index (χ1) is 8.83. The van der Waals surface area contributed by atoms with Crippen LogP contribution in [0.1, 0.15) is 50.2 Å². The first-order valence-electron chi connectivity index (χ1n) is 7.66. The van der Waals surface area contributed by atoms with Gasteiger partial charge in [0.1, 0.15) is 0 Å². The first kappa shape index (κ1) is 12.2. The molecule has 1 saturated carbocycles. The Morgan fingerprint density at radius 1 is 1.06 bits per heavy atom. The molecule has 0 aromatic heterocycles. The molecule has 1 aromatic rings. The third-order valence-corrected chi connectivity index (χ3v) is 4.95. The minimum atomic E-state index is 0.704. The van der Waals surface area contributed by atoms with Crippen LogP contribution in [0.25, 0.3) is 0 Å². The van der Waals surface area contributed by atoms with Crippen molar-refractivity contribution in [2.75, 3.05) is 0 Å². The molecule has 0 saturated heterocycles. The van der Waals surface area contributed by atoms with E-state index in [1.807, 2.05) is 0 Å². The second-order valence-electron chi connectivity index (χ2n) is 6.21. The van der Waals surface area contributed by atoms with Gasteiger partial charge in [-0.15, -0.1) is 0 Å². The molecule has 0 aliphatic heterocycles. The lowest BCUT2D eigenvalue weighted by Crippen LogP contribution is -2.43. The fourth-order valence-corrected chi connectivity index (χ4v) is 3.81. The van der Waals surface area contributed by atoms with Crippen molar-refractivity contribution in [2.45, 2.75) is 64.0 Å². The van der Waals surface area contributed by atoms with Crippen LogP contribution in [0.4, 0.5) is 0 Å². The molecule has 2 atom stereocenters. The minimum absolute atomic E-state index is 0.704. The molecule has 1 heteroatoms. The molecular formula is C17H25N. The van der Waals surface area contributed by atoms with Gasteiger partial charge >= 0.3 is 0 Å². The lowest BCUT2D eigenvalue weighted by molar-refractivity contribution is 0.324. The third kappa shape index (κ3) is 2.61. The highest BCUT2D eigenvalue weighted by Crippen LogP contribution is 2.29. The Kier molecular flexibility index (Phi) is 3.69. The summed E-state index contributed by atoms with van der Waals surface area (Å²) in [5, 5.41) is 3.90. The lowest BCUT2D eigenvalue weighted by atomic mass is 9.87. The average molecular weight is 243 g/mol. The molecule has 1 unspecified atom stereocenters. The number of benzene rings is 1. The van der Waals surface area contributed by atoms with E-state index >= 15 is 0 Å². The summed E-state index contributed by atoms with van der Waals surface area (Å²) in [6.45, 7) is 2.40. The smallest absolute Gasteiger partial charge is 0.0113 e. The van der Waals surface area contributed by atoms with Gasteiger partial charge in [0.2, 0.25) is 0 Å². The van der Waals surface area contributed by atoms with Crippen LogP contribution in [0.15, 0.2) is 24.3 Å². The van der Waals surface area contributed by atoms with E-state index in [9.17, 15) is 0 Å². The van der Waals surface area contributed by atoms with Crippen molar-refractivity contribution in [2.24, 2.45) is 5.92 Å². The molecule has 18 heavy (non-hydrogen) atoms. The average Bonchev–Trinajstić information content (AvgIpc) is 2.92. The number of aryl methyl sites for hydroxylation is 1. The van der Waals surface area contributed by atoms with E-state index in [0.717, 1.165) is 5.92 Å². The lowest BCUT2D eigenvalue weighted by Gasteiger charge is -2.30. The van der Waals surface area contributed by atoms with E-state index in [-0.39, 0.29) is 0 Å². The minimum Gasteiger partial charge on any atom is -0.311 e. The SMILES string of the molecule is C[C@@H](NC1CCc2ccccc2C1)C1CCCC1. The van der Waals surface area contributed by atoms with Crippen LogP contribution in [-0.2, 0) is 12.8 Å². The van der Waals surface area contributed by atoms with Crippen LogP contribution in [0, 0.1) is 5.92 Å². The van der Waals surface area contributed by atoms with Crippen molar-refractivity contribution < 1.29 is 0 Å². The van der Waals surface area contributed by atoms with E-state index in [0.29, 0.717) is 12.1 Å². The summed E-state index contributed by atoms with van der Waals surface area (Å²) < 4.78 is 0. The summed E-state index contributed by atoms with van der Waals surface area (Å²) in [6, 6.07) is 10.4. The van der Waals surface area contributed by atoms with Crippen LogP contribution in [0.5, 0.6) is 0 Å². The van der Waals surface area contributed by atoms with Gasteiger partial charge in [0.05, 0.1) is 0 Å². The second kappa shape index (κ2) is 5.44. The molecule has 1 aromatic carbocycles. The zero-order chi connectivity index (χ0) is 12.4. The molecule has 2 aliphatic carbocycles. The van der Waals surface area contributed by atoms with Crippen molar-refractivity contribution in [3.8, 4) is 0 Å². The van der Waals surface area contributed by atoms with Crippen LogP contribution in [0.3, 0.4) is 0 Å². The Morgan fingerprint density at radius 3 is 2.56 bits per heavy atom. The Labute approximate surface area is 111 Å². The fraction of sp³-hybridized carbons (Fsp3) is 0.647. The van der Waals surface area contributed by atoms with Crippen LogP contribution >= 0.6 is 0 Å². The predicted octanol–water partition coefficient (Wildman–Crippen LogP) is 3.71. The zero-order valence-electron chi connectivity index (χ0n) is 11.5. The van der Waals surface area contributed by atoms with Gasteiger partial charge in [-0.2, -0.15) is 0 Å². The Hall–Kier alpha value is -0.820. The van der Waals surface area contributed by atoms with Gasteiger partial charge in [-0.3, -0.25) is 0 Å². The van der Waals surface area contributed by atoms with E-state index in [1.165, 1.54) is 44.9 Å². The van der Waals surface area contributed by atoms with E-state index in [1.54, 1.807) is 11.1 Å². The molecule has 2 aliphatic rings. The van der Waals surface area contributed by atoms with Crippen molar-refractivity contribution in [1.29, 1.82) is 0 Å². The summed E-state index contributed by atoms with van der Waals surface area (Å²) in [4.78, 5) is 0. The quantitative estimate of drug-likeness (QED) is 0.853. The monoisotopic (exact) mass is 243 g/mol. The molecule has 0 bridgehead atoms. The summed E-state index contributed by atoms with van der Waals surface area (Å²) in [5.74, 6) is 0.933. The number of hydrogen-bond acceptors (Lipinski definition) is 1. The van der Waals surface area contributed by atoms with E-state index in [2.05, 4.69) is 36.5 Å². The highest BCUT2D eigenvalue weighted by Gasteiger charge is 2.25. The number of nitrogens with one attached hydrogen (secondary N) is 1. The van der Waals surface area contributed by atoms with E-state index < -0.39 is 0 Å². The third-order valence-electron chi connectivity index (χ3n) is 4.95. The Balaban J connectivity index is 1.59. The molecule has 1 fully saturated rings. The second-order valence-corrected chi connectivity index (χ2v) is 6.21. The molecule has 0 spiro atoms. The summed E-state index contributed by atoms with van der Waals surface area (Å²) in [5.41, 5.74) is 3.14. The van der Waals surface area contributed by atoms with Crippen molar-refractivity contribution in [1.82, 2.24) is 5.32 Å². The first-order valence-corrected chi connectivity index (χ1v) is 7.66. The Bertz CT molecular complexity index is 392. The molecular weight excluding hydrogens is 218 g/mol. The molecule has 3 rings (SSSR count). The largest absolute Gasteiger partial charge is 0.311 e. The maximum absolute atomic E-state index is 3.90. The number of hydrogen-bond donors (Lipinski definition) is 1. The van der Waals surface area contributed by atoms with Crippen LogP contribution in [-0.4, -0.2) is 12.1 Å². The van der Waals surface area contributed by atoms with Crippen molar-refractivity contribution >= 4 is 0 Å². The van der Waals surface area contributed by atoms with Crippen LogP contribution in [0.2, 0.25) is 0 Å². The number of fused-ring (bicyclic) bond motifs is 1. The summed E-state index contributed by atoms with van der Waals surface area (Å²) in [6.07, 6.45) is 9.58. The van der Waals surface area contributed by atoms with Gasteiger partial charge in [0.15, 0.2) is 0 Å². The van der Waals surface area contributed by atoms with Crippen molar-refractivity contribution in [3.05, 3.63) is 35.4 Å². The fourth-order valence-electron chi connectivity index (χ4n) is 3.81. The maximum atomic E-state index is 3.90. The summed E-state index contributed by atoms with van der Waals surface area (Å²) >= 11 is 0. The summed E-state index contributed by atoms with van der Waals surface area (Å²) in [7, 11) is 0. The zero-order valence-corrected chi connectivity index (χ0v) is 11.5. The molecule has 1 N–H and O–H groups in total. The highest BCUT2D eigenvalue weighted by atomic mass is 15.0. The van der Waals surface area contributed by atoms with Gasteiger partial charge in [0, 0.05) is 12.1 Å². The maximum Gasteiger partial charge on any atom is 0.0113 e. The Morgan fingerprint density at radius 2 is 1.78 bits per heavy atom. The highest BCUT2D eigenvalue weighted by molar-refractivity contribution is 5.30. The standard InChI is InChI=1S/C17H25N/c1-13(14-6-2-3-7-14)18-17-11-10-15-8-4-5-9-16(15)12-17/h4-5,8-9,13-14,17-18H,2-3,6-7,10-12H2,1H3/t13-,17?/m1/s1. The van der Waals surface area contributed by atoms with Crippen molar-refractivity contribution in [3.63, 3.8) is 0 Å². The van der Waals surface area contributed by atoms with Gasteiger partial charge in [0.25, 0.3) is 0 Å². The normalized spacial score (nSPS) is 25.9. The molecule has 1 nitrogen and oxygen atoms in total. The topological polar surface area (TPSA) is 12.0 Å². The molecule has 0 radical (unpaired) electrons. The molecule has 98 valence electrons. The molecule has 0 amide bonds. The predicted molar refractivity (Wildman–Crippen MR) is 76.8 cm³/mol. The van der Waals surface area contributed by atoms with Gasteiger partial charge < -0.3 is 5.32 Å². The molecule has 0 heterocycles.